The van der Waals surface area contributed by atoms with Crippen molar-refractivity contribution < 1.29 is 9.53 Å². The molecule has 1 amide bonds. The first-order valence-corrected chi connectivity index (χ1v) is 12.3. The van der Waals surface area contributed by atoms with Gasteiger partial charge in [0.05, 0.1) is 30.2 Å². The predicted octanol–water partition coefficient (Wildman–Crippen LogP) is 4.31. The van der Waals surface area contributed by atoms with E-state index >= 15 is 0 Å². The second kappa shape index (κ2) is 10.3. The van der Waals surface area contributed by atoms with Crippen molar-refractivity contribution in [3.63, 3.8) is 0 Å². The summed E-state index contributed by atoms with van der Waals surface area (Å²) in [7, 11) is 1.60. The van der Waals surface area contributed by atoms with Crippen molar-refractivity contribution in [3.05, 3.63) is 60.7 Å². The summed E-state index contributed by atoms with van der Waals surface area (Å²) in [5.74, 6) is 0.920. The van der Waals surface area contributed by atoms with E-state index in [4.69, 9.17) is 9.72 Å². The smallest absolute Gasteiger partial charge is 0.251 e. The van der Waals surface area contributed by atoms with Crippen molar-refractivity contribution >= 4 is 28.4 Å². The van der Waals surface area contributed by atoms with E-state index in [1.807, 2.05) is 18.3 Å². The summed E-state index contributed by atoms with van der Waals surface area (Å²) in [6, 6.07) is 9.70. The topological polar surface area (TPSA) is 106 Å². The number of carbonyl (C=O) groups is 1. The highest BCUT2D eigenvalue weighted by molar-refractivity contribution is 5.96. The predicted molar refractivity (Wildman–Crippen MR) is 141 cm³/mol. The highest BCUT2D eigenvalue weighted by Gasteiger charge is 2.18. The molecule has 0 spiro atoms. The number of hydrogen-bond acceptors (Lipinski definition) is 7. The van der Waals surface area contributed by atoms with Gasteiger partial charge in [-0.15, -0.1) is 0 Å². The van der Waals surface area contributed by atoms with Crippen molar-refractivity contribution in [1.29, 1.82) is 0 Å². The number of aromatic nitrogens is 4. The Balaban J connectivity index is 1.43. The molecule has 1 saturated heterocycles. The van der Waals surface area contributed by atoms with Crippen LogP contribution in [-0.4, -0.2) is 51.7 Å². The van der Waals surface area contributed by atoms with Crippen LogP contribution in [0.15, 0.2) is 55.1 Å². The minimum absolute atomic E-state index is 0.0997. The molecule has 36 heavy (non-hydrogen) atoms. The second-order valence-corrected chi connectivity index (χ2v) is 9.24. The number of amides is 1. The van der Waals surface area contributed by atoms with Crippen LogP contribution in [0.2, 0.25) is 0 Å². The maximum atomic E-state index is 12.9. The molecule has 0 unspecified atom stereocenters. The van der Waals surface area contributed by atoms with E-state index in [1.54, 1.807) is 37.7 Å². The van der Waals surface area contributed by atoms with Gasteiger partial charge in [-0.25, -0.2) is 9.97 Å². The van der Waals surface area contributed by atoms with Gasteiger partial charge in [0, 0.05) is 47.2 Å². The lowest BCUT2D eigenvalue weighted by molar-refractivity contribution is 0.0929. The molecule has 0 aliphatic carbocycles. The number of ether oxygens (including phenoxy) is 1. The first-order valence-electron chi connectivity index (χ1n) is 12.3. The average molecular weight is 486 g/mol. The SMILES string of the molecule is COc1ccc(C(=O)NC2CCNCC2)cc1Nc1nccc(-c2cn(C(C)C)c3cnccc23)n1. The standard InChI is InChI=1S/C27H31N7O2/c1-17(2)34-16-21(20-8-12-29-15-24(20)34)22-9-13-30-27(32-22)33-23-14-18(4-5-25(23)36-3)26(35)31-19-6-10-28-11-7-19/h4-5,8-9,12-17,19,28H,6-7,10-11H2,1-3H3,(H,31,35)(H,30,32,33). The normalized spacial score (nSPS) is 14.2. The van der Waals surface area contributed by atoms with Crippen molar-refractivity contribution in [1.82, 2.24) is 30.2 Å². The van der Waals surface area contributed by atoms with Crippen LogP contribution in [0.1, 0.15) is 43.1 Å². The summed E-state index contributed by atoms with van der Waals surface area (Å²) in [6.45, 7) is 6.12. The van der Waals surface area contributed by atoms with E-state index in [9.17, 15) is 4.79 Å². The first-order chi connectivity index (χ1) is 17.5. The molecule has 0 radical (unpaired) electrons. The first kappa shape index (κ1) is 23.7. The Morgan fingerprint density at radius 3 is 2.78 bits per heavy atom. The monoisotopic (exact) mass is 485 g/mol. The number of benzene rings is 1. The summed E-state index contributed by atoms with van der Waals surface area (Å²) < 4.78 is 7.73. The molecular weight excluding hydrogens is 454 g/mol. The molecule has 9 nitrogen and oxygen atoms in total. The molecular formula is C27H31N7O2. The van der Waals surface area contributed by atoms with Crippen LogP contribution in [0.25, 0.3) is 22.2 Å². The van der Waals surface area contributed by atoms with Crippen LogP contribution in [0.5, 0.6) is 5.75 Å². The van der Waals surface area contributed by atoms with Gasteiger partial charge >= 0.3 is 0 Å². The minimum atomic E-state index is -0.0997. The Kier molecular flexibility index (Phi) is 6.81. The van der Waals surface area contributed by atoms with Crippen molar-refractivity contribution in [2.24, 2.45) is 0 Å². The van der Waals surface area contributed by atoms with Crippen molar-refractivity contribution in [2.75, 3.05) is 25.5 Å². The second-order valence-electron chi connectivity index (χ2n) is 9.24. The molecule has 3 aromatic heterocycles. The summed E-state index contributed by atoms with van der Waals surface area (Å²) in [6.07, 6.45) is 9.36. The quantitative estimate of drug-likeness (QED) is 0.358. The van der Waals surface area contributed by atoms with Gasteiger partial charge in [-0.1, -0.05) is 0 Å². The summed E-state index contributed by atoms with van der Waals surface area (Å²) in [5.41, 5.74) is 4.04. The third-order valence-electron chi connectivity index (χ3n) is 6.51. The van der Waals surface area contributed by atoms with E-state index in [-0.39, 0.29) is 18.0 Å². The molecule has 0 saturated carbocycles. The number of anilines is 2. The third-order valence-corrected chi connectivity index (χ3v) is 6.51. The number of piperidine rings is 1. The third kappa shape index (κ3) is 4.87. The fourth-order valence-corrected chi connectivity index (χ4v) is 4.60. The molecule has 4 aromatic rings. The van der Waals surface area contributed by atoms with Crippen LogP contribution in [-0.2, 0) is 0 Å². The number of pyridine rings is 1. The van der Waals surface area contributed by atoms with Crippen LogP contribution in [0.3, 0.4) is 0 Å². The number of fused-ring (bicyclic) bond motifs is 1. The van der Waals surface area contributed by atoms with Gasteiger partial charge in [-0.3, -0.25) is 9.78 Å². The van der Waals surface area contributed by atoms with E-state index in [2.05, 4.69) is 50.5 Å². The Hall–Kier alpha value is -3.98. The maximum Gasteiger partial charge on any atom is 0.251 e. The Labute approximate surface area is 210 Å². The number of carbonyl (C=O) groups excluding carboxylic acids is 1. The Morgan fingerprint density at radius 1 is 1.17 bits per heavy atom. The molecule has 0 atom stereocenters. The van der Waals surface area contributed by atoms with Crippen LogP contribution < -0.4 is 20.7 Å². The zero-order valence-corrected chi connectivity index (χ0v) is 20.8. The maximum absolute atomic E-state index is 12.9. The lowest BCUT2D eigenvalue weighted by Crippen LogP contribution is -2.42. The van der Waals surface area contributed by atoms with E-state index < -0.39 is 0 Å². The molecule has 9 heteroatoms. The zero-order chi connectivity index (χ0) is 25.1. The van der Waals surface area contributed by atoms with Gasteiger partial charge in [0.15, 0.2) is 0 Å². The number of nitrogens with zero attached hydrogens (tertiary/aromatic N) is 4. The number of hydrogen-bond donors (Lipinski definition) is 3. The molecule has 1 fully saturated rings. The van der Waals surface area contributed by atoms with E-state index in [0.29, 0.717) is 22.9 Å². The summed E-state index contributed by atoms with van der Waals surface area (Å²) in [4.78, 5) is 26.4. The minimum Gasteiger partial charge on any atom is -0.495 e. The highest BCUT2D eigenvalue weighted by atomic mass is 16.5. The summed E-state index contributed by atoms with van der Waals surface area (Å²) >= 11 is 0. The van der Waals surface area contributed by atoms with Gasteiger partial charge in [0.25, 0.3) is 5.91 Å². The average Bonchev–Trinajstić information content (AvgIpc) is 3.30. The lowest BCUT2D eigenvalue weighted by atomic mass is 10.1. The molecule has 1 aromatic carbocycles. The molecule has 0 bridgehead atoms. The Bertz CT molecular complexity index is 1380. The van der Waals surface area contributed by atoms with Crippen LogP contribution >= 0.6 is 0 Å². The summed E-state index contributed by atoms with van der Waals surface area (Å²) in [5, 5.41) is 10.8. The number of methoxy groups -OCH3 is 1. The molecule has 3 N–H and O–H groups in total. The molecule has 1 aliphatic rings. The molecule has 4 heterocycles. The van der Waals surface area contributed by atoms with Crippen LogP contribution in [0, 0.1) is 0 Å². The van der Waals surface area contributed by atoms with Gasteiger partial charge < -0.3 is 25.3 Å². The molecule has 1 aliphatic heterocycles. The fourth-order valence-electron chi connectivity index (χ4n) is 4.60. The molecule has 5 rings (SSSR count). The number of nitrogens with one attached hydrogen (secondary N) is 3. The zero-order valence-electron chi connectivity index (χ0n) is 20.8. The van der Waals surface area contributed by atoms with Crippen molar-refractivity contribution in [2.45, 2.75) is 38.8 Å². The largest absolute Gasteiger partial charge is 0.495 e. The van der Waals surface area contributed by atoms with Crippen LogP contribution in [0.4, 0.5) is 11.6 Å². The van der Waals surface area contributed by atoms with Gasteiger partial charge in [-0.05, 0) is 70.1 Å². The lowest BCUT2D eigenvalue weighted by Gasteiger charge is -2.23. The van der Waals surface area contributed by atoms with E-state index in [0.717, 1.165) is 48.1 Å². The fraction of sp³-hybridized carbons (Fsp3) is 0.333. The van der Waals surface area contributed by atoms with Crippen molar-refractivity contribution in [3.8, 4) is 17.0 Å². The van der Waals surface area contributed by atoms with Gasteiger partial charge in [0.1, 0.15) is 5.75 Å². The number of rotatable bonds is 7. The highest BCUT2D eigenvalue weighted by Crippen LogP contribution is 2.32. The van der Waals surface area contributed by atoms with E-state index in [1.165, 1.54) is 0 Å². The van der Waals surface area contributed by atoms with Gasteiger partial charge in [-0.2, -0.15) is 0 Å². The molecule has 186 valence electrons. The Morgan fingerprint density at radius 2 is 2.00 bits per heavy atom. The van der Waals surface area contributed by atoms with Gasteiger partial charge in [0.2, 0.25) is 5.95 Å².